The molecule has 0 aromatic carbocycles. The number of ether oxygens (including phenoxy) is 1. The zero-order valence-corrected chi connectivity index (χ0v) is 16.7. The number of rotatable bonds is 4. The van der Waals surface area contributed by atoms with Gasteiger partial charge in [-0.15, -0.1) is 5.10 Å². The molecule has 3 aliphatic rings. The molecule has 1 aliphatic carbocycles. The third-order valence-corrected chi connectivity index (χ3v) is 5.48. The van der Waals surface area contributed by atoms with Crippen LogP contribution < -0.4 is 10.6 Å². The lowest BCUT2D eigenvalue weighted by atomic mass is 10.1. The van der Waals surface area contributed by atoms with Gasteiger partial charge in [0.05, 0.1) is 12.3 Å². The molecule has 2 aromatic rings. The smallest absolute Gasteiger partial charge is 0.288 e. The average molecular weight is 401 g/mol. The molecule has 1 saturated carbocycles. The highest BCUT2D eigenvalue weighted by atomic mass is 16.5. The molecule has 2 N–H and O–H groups in total. The third kappa shape index (κ3) is 4.64. The van der Waals surface area contributed by atoms with Gasteiger partial charge in [-0.2, -0.15) is 5.10 Å². The predicted molar refractivity (Wildman–Crippen MR) is 104 cm³/mol. The van der Waals surface area contributed by atoms with E-state index < -0.39 is 5.91 Å². The molecule has 0 spiro atoms. The summed E-state index contributed by atoms with van der Waals surface area (Å²) < 4.78 is 8.85. The van der Waals surface area contributed by atoms with Crippen molar-refractivity contribution >= 4 is 17.6 Å². The van der Waals surface area contributed by atoms with Crippen molar-refractivity contribution in [3.05, 3.63) is 23.9 Å². The number of carbonyl (C=O) groups excluding carboxylic acids is 2. The Kier molecular flexibility index (Phi) is 5.61. The largest absolute Gasteiger partial charge is 0.381 e. The maximum Gasteiger partial charge on any atom is 0.288 e. The van der Waals surface area contributed by atoms with E-state index in [1.54, 1.807) is 9.58 Å². The summed E-state index contributed by atoms with van der Waals surface area (Å²) in [4.78, 5) is 27.9. The van der Waals surface area contributed by atoms with Gasteiger partial charge < -0.3 is 15.4 Å². The highest BCUT2D eigenvalue weighted by molar-refractivity contribution is 5.92. The molecular formula is C19H27N7O3. The molecular weight excluding hydrogens is 374 g/mol. The minimum atomic E-state index is -0.591. The quantitative estimate of drug-likeness (QED) is 0.813. The van der Waals surface area contributed by atoms with E-state index in [9.17, 15) is 9.59 Å². The maximum atomic E-state index is 11.7. The maximum absolute atomic E-state index is 11.7. The van der Waals surface area contributed by atoms with Crippen LogP contribution >= 0.6 is 0 Å². The molecule has 2 fully saturated rings. The van der Waals surface area contributed by atoms with E-state index >= 15 is 0 Å². The lowest BCUT2D eigenvalue weighted by Gasteiger charge is -2.13. The van der Waals surface area contributed by atoms with Crippen LogP contribution in [0.1, 0.15) is 54.3 Å². The van der Waals surface area contributed by atoms with Crippen molar-refractivity contribution in [2.24, 2.45) is 11.7 Å². The lowest BCUT2D eigenvalue weighted by molar-refractivity contribution is -0.118. The summed E-state index contributed by atoms with van der Waals surface area (Å²) in [5.74, 6) is 1.79. The van der Waals surface area contributed by atoms with Gasteiger partial charge in [0.1, 0.15) is 12.1 Å². The Morgan fingerprint density at radius 1 is 1.31 bits per heavy atom. The second-order valence-corrected chi connectivity index (χ2v) is 7.87. The summed E-state index contributed by atoms with van der Waals surface area (Å²) in [6.07, 6.45) is 6.62. The van der Waals surface area contributed by atoms with E-state index in [2.05, 4.69) is 21.2 Å². The summed E-state index contributed by atoms with van der Waals surface area (Å²) in [6.45, 7) is 3.17. The van der Waals surface area contributed by atoms with Crippen LogP contribution in [0.25, 0.3) is 0 Å². The second-order valence-electron chi connectivity index (χ2n) is 7.87. The zero-order chi connectivity index (χ0) is 20.4. The topological polar surface area (TPSA) is 121 Å². The number of amides is 2. The SMILES string of the molecule is CN1C(=O)CCCn2nc(C3CC3)cc21.NC(=O)c1ncn(CC2CCOC2)n1. The van der Waals surface area contributed by atoms with Gasteiger partial charge >= 0.3 is 0 Å². The molecule has 156 valence electrons. The fraction of sp³-hybridized carbons (Fsp3) is 0.632. The van der Waals surface area contributed by atoms with Crippen LogP contribution in [0.15, 0.2) is 12.4 Å². The van der Waals surface area contributed by atoms with Crippen molar-refractivity contribution < 1.29 is 14.3 Å². The molecule has 1 atom stereocenters. The predicted octanol–water partition coefficient (Wildman–Crippen LogP) is 0.931. The fourth-order valence-corrected chi connectivity index (χ4v) is 3.60. The van der Waals surface area contributed by atoms with Crippen LogP contribution in [0.4, 0.5) is 5.82 Å². The lowest BCUT2D eigenvalue weighted by Crippen LogP contribution is -2.25. The first-order chi connectivity index (χ1) is 14.0. The molecule has 10 heteroatoms. The number of nitrogens with two attached hydrogens (primary N) is 1. The summed E-state index contributed by atoms with van der Waals surface area (Å²) >= 11 is 0. The summed E-state index contributed by atoms with van der Waals surface area (Å²) in [5, 5.41) is 8.53. The van der Waals surface area contributed by atoms with Crippen molar-refractivity contribution in [2.45, 2.75) is 51.1 Å². The number of hydrogen-bond donors (Lipinski definition) is 1. The number of anilines is 1. The van der Waals surface area contributed by atoms with Crippen LogP contribution in [0.5, 0.6) is 0 Å². The first-order valence-corrected chi connectivity index (χ1v) is 10.1. The third-order valence-electron chi connectivity index (χ3n) is 5.48. The van der Waals surface area contributed by atoms with E-state index in [0.717, 1.165) is 45.0 Å². The number of fused-ring (bicyclic) bond motifs is 1. The molecule has 0 radical (unpaired) electrons. The number of nitrogens with zero attached hydrogens (tertiary/aromatic N) is 6. The van der Waals surface area contributed by atoms with Gasteiger partial charge in [-0.25, -0.2) is 9.67 Å². The molecule has 1 unspecified atom stereocenters. The van der Waals surface area contributed by atoms with Gasteiger partial charge in [0.25, 0.3) is 5.91 Å². The van der Waals surface area contributed by atoms with Crippen LogP contribution in [0, 0.1) is 5.92 Å². The molecule has 1 saturated heterocycles. The van der Waals surface area contributed by atoms with Crippen LogP contribution in [0.3, 0.4) is 0 Å². The highest BCUT2D eigenvalue weighted by Crippen LogP contribution is 2.40. The Hall–Kier alpha value is -2.75. The summed E-state index contributed by atoms with van der Waals surface area (Å²) in [7, 11) is 1.85. The minimum Gasteiger partial charge on any atom is -0.381 e. The van der Waals surface area contributed by atoms with Gasteiger partial charge in [0.2, 0.25) is 11.7 Å². The Bertz CT molecular complexity index is 880. The Balaban J connectivity index is 0.000000142. The minimum absolute atomic E-state index is 0.0731. The fourth-order valence-electron chi connectivity index (χ4n) is 3.60. The van der Waals surface area contributed by atoms with E-state index in [4.69, 9.17) is 10.5 Å². The monoisotopic (exact) mass is 401 g/mol. The number of aryl methyl sites for hydroxylation is 1. The summed E-state index contributed by atoms with van der Waals surface area (Å²) in [5.41, 5.74) is 6.21. The van der Waals surface area contributed by atoms with E-state index in [1.165, 1.54) is 24.9 Å². The van der Waals surface area contributed by atoms with Gasteiger partial charge in [-0.05, 0) is 25.7 Å². The van der Waals surface area contributed by atoms with E-state index in [1.807, 2.05) is 11.7 Å². The van der Waals surface area contributed by atoms with E-state index in [-0.39, 0.29) is 11.7 Å². The van der Waals surface area contributed by atoms with Crippen molar-refractivity contribution in [1.82, 2.24) is 24.5 Å². The molecule has 10 nitrogen and oxygen atoms in total. The zero-order valence-electron chi connectivity index (χ0n) is 16.7. The number of hydrogen-bond acceptors (Lipinski definition) is 6. The standard InChI is InChI=1S/C11H15N3O.C8H12N4O2/c1-13-10-7-9(8-4-5-8)12-14(10)6-2-3-11(13)15;9-7(13)8-10-5-12(11-8)3-6-1-2-14-4-6/h7-8H,2-6H2,1H3;5-6H,1-4H2,(H2,9,13). The molecule has 4 heterocycles. The van der Waals surface area contributed by atoms with Crippen molar-refractivity contribution in [1.29, 1.82) is 0 Å². The second kappa shape index (κ2) is 8.32. The molecule has 5 rings (SSSR count). The number of carbonyl (C=O) groups is 2. The van der Waals surface area contributed by atoms with Gasteiger partial charge in [0, 0.05) is 51.1 Å². The van der Waals surface area contributed by atoms with Crippen molar-refractivity contribution in [3.8, 4) is 0 Å². The number of primary amides is 1. The number of aromatic nitrogens is 5. The molecule has 29 heavy (non-hydrogen) atoms. The highest BCUT2D eigenvalue weighted by Gasteiger charge is 2.29. The normalized spacial score (nSPS) is 21.3. The average Bonchev–Trinajstić information content (AvgIpc) is 3.09. The van der Waals surface area contributed by atoms with Crippen molar-refractivity contribution in [3.63, 3.8) is 0 Å². The Morgan fingerprint density at radius 2 is 2.14 bits per heavy atom. The van der Waals surface area contributed by atoms with Crippen LogP contribution in [-0.4, -0.2) is 56.6 Å². The van der Waals surface area contributed by atoms with Crippen molar-refractivity contribution in [2.75, 3.05) is 25.2 Å². The van der Waals surface area contributed by atoms with Gasteiger partial charge in [-0.3, -0.25) is 14.3 Å². The van der Waals surface area contributed by atoms with Crippen LogP contribution in [0.2, 0.25) is 0 Å². The summed E-state index contributed by atoms with van der Waals surface area (Å²) in [6, 6.07) is 2.08. The first-order valence-electron chi connectivity index (χ1n) is 10.1. The van der Waals surface area contributed by atoms with Crippen LogP contribution in [-0.2, 0) is 22.6 Å². The molecule has 2 aromatic heterocycles. The van der Waals surface area contributed by atoms with E-state index in [0.29, 0.717) is 18.3 Å². The van der Waals surface area contributed by atoms with Gasteiger partial charge in [0.15, 0.2) is 0 Å². The Morgan fingerprint density at radius 3 is 2.79 bits per heavy atom. The molecule has 2 aliphatic heterocycles. The van der Waals surface area contributed by atoms with Gasteiger partial charge in [-0.1, -0.05) is 0 Å². The Labute approximate surface area is 169 Å². The molecule has 2 amide bonds. The first kappa shape index (κ1) is 19.6. The molecule has 0 bridgehead atoms.